The monoisotopic (exact) mass is 400 g/mol. The van der Waals surface area contributed by atoms with Crippen LogP contribution in [0.2, 0.25) is 0 Å². The van der Waals surface area contributed by atoms with Crippen LogP contribution in [0.3, 0.4) is 0 Å². The van der Waals surface area contributed by atoms with Crippen LogP contribution < -0.4 is 5.43 Å². The van der Waals surface area contributed by atoms with Gasteiger partial charge in [-0.3, -0.25) is 14.6 Å². The third-order valence-electron chi connectivity index (χ3n) is 5.40. The van der Waals surface area contributed by atoms with Crippen molar-refractivity contribution < 1.29 is 13.6 Å². The van der Waals surface area contributed by atoms with Crippen molar-refractivity contribution >= 4 is 16.9 Å². The number of aryl methyl sites for hydroxylation is 1. The van der Waals surface area contributed by atoms with Crippen molar-refractivity contribution in [2.24, 2.45) is 0 Å². The Morgan fingerprint density at radius 3 is 2.70 bits per heavy atom. The Balaban J connectivity index is 1.77. The number of hydrogen-bond acceptors (Lipinski definition) is 4. The lowest BCUT2D eigenvalue weighted by atomic mass is 9.97. The van der Waals surface area contributed by atoms with Gasteiger partial charge in [0.2, 0.25) is 5.76 Å². The number of hydrogen-bond donors (Lipinski definition) is 0. The normalized spacial score (nSPS) is 15.6. The van der Waals surface area contributed by atoms with Crippen LogP contribution in [0.25, 0.3) is 11.0 Å². The summed E-state index contributed by atoms with van der Waals surface area (Å²) in [6.07, 6.45) is 3.28. The summed E-state index contributed by atoms with van der Waals surface area (Å²) >= 11 is 0. The van der Waals surface area contributed by atoms with E-state index in [9.17, 15) is 14.0 Å². The fraction of sp³-hybridized carbons (Fsp3) is 0.125. The van der Waals surface area contributed by atoms with E-state index < -0.39 is 17.8 Å². The number of amides is 1. The lowest BCUT2D eigenvalue weighted by Gasteiger charge is -2.25. The third-order valence-corrected chi connectivity index (χ3v) is 5.40. The molecule has 2 aromatic carbocycles. The van der Waals surface area contributed by atoms with E-state index in [1.54, 1.807) is 48.8 Å². The van der Waals surface area contributed by atoms with E-state index in [0.29, 0.717) is 11.0 Å². The maximum Gasteiger partial charge on any atom is 0.291 e. The van der Waals surface area contributed by atoms with Gasteiger partial charge in [-0.2, -0.15) is 0 Å². The first-order valence-corrected chi connectivity index (χ1v) is 9.56. The first kappa shape index (κ1) is 18.2. The van der Waals surface area contributed by atoms with Gasteiger partial charge in [-0.15, -0.1) is 0 Å². The van der Waals surface area contributed by atoms with Crippen LogP contribution in [0.15, 0.2) is 76.2 Å². The number of aromatic nitrogens is 1. The highest BCUT2D eigenvalue weighted by molar-refractivity contribution is 5.99. The van der Waals surface area contributed by atoms with Crippen LogP contribution in [0.5, 0.6) is 0 Å². The van der Waals surface area contributed by atoms with E-state index in [4.69, 9.17) is 4.42 Å². The number of halogens is 1. The van der Waals surface area contributed by atoms with Crippen molar-refractivity contribution in [3.05, 3.63) is 111 Å². The van der Waals surface area contributed by atoms with Crippen molar-refractivity contribution in [1.29, 1.82) is 0 Å². The summed E-state index contributed by atoms with van der Waals surface area (Å²) in [7, 11) is 0. The molecule has 0 unspecified atom stereocenters. The zero-order valence-corrected chi connectivity index (χ0v) is 16.1. The minimum atomic E-state index is -0.880. The smallest absolute Gasteiger partial charge is 0.291 e. The number of nitrogens with zero attached hydrogens (tertiary/aromatic N) is 2. The van der Waals surface area contributed by atoms with Crippen LogP contribution in [-0.4, -0.2) is 15.8 Å². The fourth-order valence-corrected chi connectivity index (χ4v) is 4.01. The Morgan fingerprint density at radius 1 is 1.10 bits per heavy atom. The maximum absolute atomic E-state index is 14.8. The molecule has 4 aromatic rings. The molecule has 0 N–H and O–H groups in total. The van der Waals surface area contributed by atoms with Gasteiger partial charge in [0.05, 0.1) is 17.0 Å². The molecule has 1 amide bonds. The zero-order valence-electron chi connectivity index (χ0n) is 16.1. The lowest BCUT2D eigenvalue weighted by Crippen LogP contribution is -2.29. The molecule has 1 aliphatic heterocycles. The van der Waals surface area contributed by atoms with E-state index in [0.717, 1.165) is 11.1 Å². The standard InChI is InChI=1S/C24H17FN2O3/c1-14-8-9-19-17(11-14)22(28)20-21(16-6-2-3-7-18(16)25)27(24(29)23(20)30-19)13-15-5-4-10-26-12-15/h2-12,21H,13H2,1H3/t21-/m0/s1. The molecule has 2 aromatic heterocycles. The summed E-state index contributed by atoms with van der Waals surface area (Å²) < 4.78 is 20.7. The molecule has 1 atom stereocenters. The van der Waals surface area contributed by atoms with Crippen LogP contribution >= 0.6 is 0 Å². The average Bonchev–Trinajstić information content (AvgIpc) is 3.02. The predicted molar refractivity (Wildman–Crippen MR) is 110 cm³/mol. The first-order valence-electron chi connectivity index (χ1n) is 9.56. The summed E-state index contributed by atoms with van der Waals surface area (Å²) in [5, 5.41) is 0.381. The largest absolute Gasteiger partial charge is 0.450 e. The molecule has 3 heterocycles. The van der Waals surface area contributed by atoms with Crippen molar-refractivity contribution in [2.45, 2.75) is 19.5 Å². The Bertz CT molecular complexity index is 1350. The number of fused-ring (bicyclic) bond motifs is 2. The third kappa shape index (κ3) is 2.80. The predicted octanol–water partition coefficient (Wildman–Crippen LogP) is 4.38. The number of carbonyl (C=O) groups excluding carboxylic acids is 1. The van der Waals surface area contributed by atoms with Gasteiger partial charge in [-0.1, -0.05) is 35.9 Å². The Kier molecular flexibility index (Phi) is 4.20. The molecule has 0 radical (unpaired) electrons. The number of benzene rings is 2. The van der Waals surface area contributed by atoms with Crippen LogP contribution in [-0.2, 0) is 6.54 Å². The van der Waals surface area contributed by atoms with Gasteiger partial charge >= 0.3 is 0 Å². The number of rotatable bonds is 3. The molecule has 0 bridgehead atoms. The topological polar surface area (TPSA) is 63.4 Å². The quantitative estimate of drug-likeness (QED) is 0.512. The Labute approximate surface area is 171 Å². The van der Waals surface area contributed by atoms with Gasteiger partial charge in [-0.05, 0) is 36.8 Å². The van der Waals surface area contributed by atoms with Gasteiger partial charge in [0.25, 0.3) is 5.91 Å². The summed E-state index contributed by atoms with van der Waals surface area (Å²) in [5.74, 6) is -0.960. The number of pyridine rings is 1. The second-order valence-corrected chi connectivity index (χ2v) is 7.39. The molecule has 0 aliphatic carbocycles. The van der Waals surface area contributed by atoms with E-state index in [1.807, 2.05) is 19.1 Å². The first-order chi connectivity index (χ1) is 14.5. The van der Waals surface area contributed by atoms with Crippen LogP contribution in [0, 0.1) is 12.7 Å². The van der Waals surface area contributed by atoms with Gasteiger partial charge in [-0.25, -0.2) is 4.39 Å². The van der Waals surface area contributed by atoms with Gasteiger partial charge in [0.15, 0.2) is 5.43 Å². The molecule has 6 heteroatoms. The molecule has 0 spiro atoms. The van der Waals surface area contributed by atoms with Crippen molar-refractivity contribution in [1.82, 2.24) is 9.88 Å². The van der Waals surface area contributed by atoms with Crippen molar-refractivity contribution in [3.63, 3.8) is 0 Å². The average molecular weight is 400 g/mol. The van der Waals surface area contributed by atoms with Crippen molar-refractivity contribution in [2.75, 3.05) is 0 Å². The van der Waals surface area contributed by atoms with Crippen molar-refractivity contribution in [3.8, 4) is 0 Å². The highest BCUT2D eigenvalue weighted by atomic mass is 19.1. The molecule has 5 rings (SSSR count). The maximum atomic E-state index is 14.8. The molecule has 0 fully saturated rings. The molecule has 5 nitrogen and oxygen atoms in total. The minimum Gasteiger partial charge on any atom is -0.450 e. The number of carbonyl (C=O) groups is 1. The van der Waals surface area contributed by atoms with Crippen LogP contribution in [0.4, 0.5) is 4.39 Å². The second-order valence-electron chi connectivity index (χ2n) is 7.39. The van der Waals surface area contributed by atoms with E-state index in [-0.39, 0.29) is 28.9 Å². The Morgan fingerprint density at radius 2 is 1.93 bits per heavy atom. The zero-order chi connectivity index (χ0) is 20.8. The van der Waals surface area contributed by atoms with E-state index in [2.05, 4.69) is 4.98 Å². The molecule has 0 saturated carbocycles. The second kappa shape index (κ2) is 6.91. The summed E-state index contributed by atoms with van der Waals surface area (Å²) in [6.45, 7) is 2.05. The van der Waals surface area contributed by atoms with Gasteiger partial charge < -0.3 is 9.32 Å². The summed E-state index contributed by atoms with van der Waals surface area (Å²) in [6, 6.07) is 14.1. The molecule has 0 saturated heterocycles. The Hall–Kier alpha value is -3.80. The minimum absolute atomic E-state index is 0.0338. The molecular formula is C24H17FN2O3. The van der Waals surface area contributed by atoms with Gasteiger partial charge in [0.1, 0.15) is 11.4 Å². The van der Waals surface area contributed by atoms with Gasteiger partial charge in [0, 0.05) is 24.5 Å². The highest BCUT2D eigenvalue weighted by Gasteiger charge is 2.43. The fourth-order valence-electron chi connectivity index (χ4n) is 4.01. The van der Waals surface area contributed by atoms with E-state index in [1.165, 1.54) is 11.0 Å². The molecule has 30 heavy (non-hydrogen) atoms. The highest BCUT2D eigenvalue weighted by Crippen LogP contribution is 2.39. The SMILES string of the molecule is Cc1ccc2oc3c(c(=O)c2c1)[C@H](c1ccccc1F)N(Cc1cccnc1)C3=O. The van der Waals surface area contributed by atoms with E-state index >= 15 is 0 Å². The summed E-state index contributed by atoms with van der Waals surface area (Å²) in [4.78, 5) is 32.3. The molecule has 1 aliphatic rings. The molecular weight excluding hydrogens is 383 g/mol. The molecule has 148 valence electrons. The summed E-state index contributed by atoms with van der Waals surface area (Å²) in [5.41, 5.74) is 2.12. The lowest BCUT2D eigenvalue weighted by molar-refractivity contribution is 0.0712. The van der Waals surface area contributed by atoms with Crippen LogP contribution in [0.1, 0.15) is 38.9 Å².